The van der Waals surface area contributed by atoms with Crippen LogP contribution in [0, 0.1) is 11.2 Å². The van der Waals surface area contributed by atoms with Gasteiger partial charge in [-0.15, -0.1) is 0 Å². The molecule has 120 valence electrons. The van der Waals surface area contributed by atoms with Gasteiger partial charge in [0.15, 0.2) is 4.98 Å². The second-order valence-corrected chi connectivity index (χ2v) is 5.25. The maximum Gasteiger partial charge on any atom is 0.431 e. The molecule has 0 aliphatic carbocycles. The summed E-state index contributed by atoms with van der Waals surface area (Å²) < 4.78 is 52.7. The van der Waals surface area contributed by atoms with Crippen molar-refractivity contribution in [1.82, 2.24) is 9.13 Å². The Morgan fingerprint density at radius 2 is 1.83 bits per heavy atom. The van der Waals surface area contributed by atoms with E-state index in [0.717, 1.165) is 19.2 Å². The molecule has 0 atom stereocenters. The molecule has 0 saturated carbocycles. The van der Waals surface area contributed by atoms with E-state index >= 15 is 0 Å². The van der Waals surface area contributed by atoms with E-state index in [1.54, 1.807) is 0 Å². The van der Waals surface area contributed by atoms with Gasteiger partial charge in [-0.25, -0.2) is 13.8 Å². The summed E-state index contributed by atoms with van der Waals surface area (Å²) in [4.78, 5) is 26.7. The SMILES string of the molecule is Cn1c(C(F)(F)F)cc(=O)n(-c2cc([N+]#N)c(Br)cc2F)c1=O. The van der Waals surface area contributed by atoms with Crippen molar-refractivity contribution in [2.45, 2.75) is 6.18 Å². The molecular weight excluding hydrogens is 388 g/mol. The van der Waals surface area contributed by atoms with Crippen molar-refractivity contribution in [3.63, 3.8) is 0 Å². The number of aromatic nitrogens is 2. The molecule has 0 spiro atoms. The molecule has 0 saturated heterocycles. The summed E-state index contributed by atoms with van der Waals surface area (Å²) in [6.45, 7) is 0. The lowest BCUT2D eigenvalue weighted by atomic mass is 10.2. The number of hydrogen-bond donors (Lipinski definition) is 0. The zero-order chi connectivity index (χ0) is 17.5. The number of benzene rings is 1. The monoisotopic (exact) mass is 393 g/mol. The highest BCUT2D eigenvalue weighted by molar-refractivity contribution is 9.10. The zero-order valence-corrected chi connectivity index (χ0v) is 12.8. The van der Waals surface area contributed by atoms with Gasteiger partial charge in [0, 0.05) is 13.1 Å². The van der Waals surface area contributed by atoms with Crippen LogP contribution in [0.5, 0.6) is 0 Å². The largest absolute Gasteiger partial charge is 0.431 e. The molecule has 0 fully saturated rings. The topological polar surface area (TPSA) is 72.2 Å². The van der Waals surface area contributed by atoms with E-state index in [9.17, 15) is 27.2 Å². The molecule has 11 heteroatoms. The number of halogens is 5. The summed E-state index contributed by atoms with van der Waals surface area (Å²) in [6.07, 6.45) is -4.92. The summed E-state index contributed by atoms with van der Waals surface area (Å²) in [6, 6.07) is 1.84. The molecule has 2 rings (SSSR count). The van der Waals surface area contributed by atoms with Gasteiger partial charge in [0.2, 0.25) is 5.39 Å². The molecule has 1 heterocycles. The number of alkyl halides is 3. The van der Waals surface area contributed by atoms with Crippen LogP contribution in [-0.4, -0.2) is 9.13 Å². The first-order valence-corrected chi connectivity index (χ1v) is 6.62. The first kappa shape index (κ1) is 16.9. The highest BCUT2D eigenvalue weighted by Crippen LogP contribution is 2.30. The summed E-state index contributed by atoms with van der Waals surface area (Å²) in [5.74, 6) is -1.07. The lowest BCUT2D eigenvalue weighted by Gasteiger charge is -2.13. The molecule has 1 aromatic heterocycles. The zero-order valence-electron chi connectivity index (χ0n) is 11.2. The Morgan fingerprint density at radius 1 is 1.22 bits per heavy atom. The molecular formula is C12H6BrF4N4O2+. The Labute approximate surface area is 133 Å². The van der Waals surface area contributed by atoms with Gasteiger partial charge in [0.1, 0.15) is 16.0 Å². The summed E-state index contributed by atoms with van der Waals surface area (Å²) in [5, 5.41) is 8.78. The third-order valence-electron chi connectivity index (χ3n) is 2.98. The summed E-state index contributed by atoms with van der Waals surface area (Å²) in [5.41, 5.74) is -5.08. The molecule has 0 aliphatic rings. The van der Waals surface area contributed by atoms with Gasteiger partial charge < -0.3 is 0 Å². The minimum atomic E-state index is -4.92. The molecule has 2 aromatic rings. The molecule has 1 aromatic carbocycles. The van der Waals surface area contributed by atoms with Crippen molar-refractivity contribution in [2.24, 2.45) is 7.05 Å². The number of rotatable bonds is 1. The van der Waals surface area contributed by atoms with Crippen LogP contribution in [-0.2, 0) is 13.2 Å². The number of hydrogen-bond acceptors (Lipinski definition) is 3. The van der Waals surface area contributed by atoms with E-state index in [0.29, 0.717) is 0 Å². The molecule has 0 radical (unpaired) electrons. The van der Waals surface area contributed by atoms with Gasteiger partial charge in [-0.2, -0.15) is 13.2 Å². The Hall–Kier alpha value is -2.48. The van der Waals surface area contributed by atoms with Gasteiger partial charge in [0.05, 0.1) is 11.8 Å². The van der Waals surface area contributed by atoms with Crippen molar-refractivity contribution in [2.75, 3.05) is 0 Å². The van der Waals surface area contributed by atoms with Gasteiger partial charge in [0.25, 0.3) is 5.56 Å². The van der Waals surface area contributed by atoms with E-state index in [1.807, 2.05) is 0 Å². The molecule has 0 aliphatic heterocycles. The van der Waals surface area contributed by atoms with E-state index in [2.05, 4.69) is 20.9 Å². The average molecular weight is 394 g/mol. The van der Waals surface area contributed by atoms with Crippen molar-refractivity contribution >= 4 is 21.6 Å². The Bertz CT molecular complexity index is 956. The lowest BCUT2D eigenvalue weighted by Crippen LogP contribution is -2.41. The maximum atomic E-state index is 14.0. The molecule has 0 unspecified atom stereocenters. The van der Waals surface area contributed by atoms with E-state index in [-0.39, 0.29) is 25.4 Å². The fourth-order valence-electron chi connectivity index (χ4n) is 1.89. The number of diazo groups is 1. The third-order valence-corrected chi connectivity index (χ3v) is 3.61. The van der Waals surface area contributed by atoms with Gasteiger partial charge in [-0.05, 0) is 22.0 Å². The maximum absolute atomic E-state index is 14.0. The van der Waals surface area contributed by atoms with E-state index in [1.165, 1.54) is 0 Å². The minimum absolute atomic E-state index is 0.0260. The smallest absolute Gasteiger partial charge is 0.292 e. The summed E-state index contributed by atoms with van der Waals surface area (Å²) >= 11 is 2.89. The van der Waals surface area contributed by atoms with Crippen molar-refractivity contribution < 1.29 is 17.6 Å². The van der Waals surface area contributed by atoms with Crippen molar-refractivity contribution in [1.29, 1.82) is 5.39 Å². The first-order valence-electron chi connectivity index (χ1n) is 5.82. The standard InChI is InChI=1S/C12H6BrF4N4O2/c1-20-9(12(15,16)17)4-10(22)21(11(20)23)8-3-7(19-18)5(13)2-6(8)14/h2-4H,1H3/q+1. The van der Waals surface area contributed by atoms with Crippen LogP contribution in [0.2, 0.25) is 0 Å². The van der Waals surface area contributed by atoms with Crippen LogP contribution < -0.4 is 11.2 Å². The Balaban J connectivity index is 2.88. The molecule has 6 nitrogen and oxygen atoms in total. The van der Waals surface area contributed by atoms with Crippen molar-refractivity contribution in [3.05, 3.63) is 60.0 Å². The Morgan fingerprint density at radius 3 is 2.35 bits per heavy atom. The van der Waals surface area contributed by atoms with Crippen molar-refractivity contribution in [3.8, 4) is 5.69 Å². The minimum Gasteiger partial charge on any atom is -0.292 e. The van der Waals surface area contributed by atoms with Gasteiger partial charge in [-0.3, -0.25) is 9.36 Å². The Kier molecular flexibility index (Phi) is 4.12. The van der Waals surface area contributed by atoms with Gasteiger partial charge >= 0.3 is 17.6 Å². The predicted molar refractivity (Wildman–Crippen MR) is 74.7 cm³/mol. The normalized spacial score (nSPS) is 11.3. The van der Waals surface area contributed by atoms with Crippen LogP contribution in [0.3, 0.4) is 0 Å². The second-order valence-electron chi connectivity index (χ2n) is 4.40. The van der Waals surface area contributed by atoms with E-state index in [4.69, 9.17) is 5.39 Å². The number of nitrogens with zero attached hydrogens (tertiary/aromatic N) is 4. The fourth-order valence-corrected chi connectivity index (χ4v) is 2.29. The van der Waals surface area contributed by atoms with Gasteiger partial charge in [-0.1, -0.05) is 0 Å². The van der Waals surface area contributed by atoms with Crippen LogP contribution >= 0.6 is 15.9 Å². The van der Waals surface area contributed by atoms with E-state index < -0.39 is 34.6 Å². The first-order chi connectivity index (χ1) is 10.6. The lowest BCUT2D eigenvalue weighted by molar-refractivity contribution is -0.144. The molecule has 0 N–H and O–H groups in total. The molecule has 0 bridgehead atoms. The predicted octanol–water partition coefficient (Wildman–Crippen LogP) is 2.94. The third kappa shape index (κ3) is 2.89. The highest BCUT2D eigenvalue weighted by atomic mass is 79.9. The quantitative estimate of drug-likeness (QED) is 0.552. The average Bonchev–Trinajstić information content (AvgIpc) is 2.44. The fraction of sp³-hybridized carbons (Fsp3) is 0.167. The second kappa shape index (κ2) is 5.62. The highest BCUT2D eigenvalue weighted by Gasteiger charge is 2.35. The van der Waals surface area contributed by atoms with Crippen LogP contribution in [0.4, 0.5) is 23.2 Å². The van der Waals surface area contributed by atoms with Crippen LogP contribution in [0.25, 0.3) is 10.7 Å². The van der Waals surface area contributed by atoms with Crippen LogP contribution in [0.1, 0.15) is 5.69 Å². The molecule has 23 heavy (non-hydrogen) atoms. The molecule has 0 amide bonds. The summed E-state index contributed by atoms with van der Waals surface area (Å²) in [7, 11) is 0.801. The van der Waals surface area contributed by atoms with Crippen LogP contribution in [0.15, 0.2) is 32.3 Å².